The Morgan fingerprint density at radius 1 is 0.462 bits per heavy atom. The molecule has 5 aliphatic rings. The minimum atomic E-state index is -1.58. The van der Waals surface area contributed by atoms with Crippen LogP contribution in [0.1, 0.15) is 53.4 Å². The Morgan fingerprint density at radius 2 is 0.827 bits per heavy atom. The smallest absolute Gasteiger partial charge is 0.187 e. The van der Waals surface area contributed by atoms with Gasteiger partial charge in [0, 0.05) is 54.1 Å². The summed E-state index contributed by atoms with van der Waals surface area (Å²) in [5.74, 6) is 0. The molecule has 0 aromatic heterocycles. The van der Waals surface area contributed by atoms with Crippen LogP contribution in [0.15, 0.2) is 0 Å². The lowest BCUT2D eigenvalue weighted by molar-refractivity contribution is -0.358. The Labute approximate surface area is 304 Å². The summed E-state index contributed by atoms with van der Waals surface area (Å²) in [4.78, 5) is 0. The molecule has 0 bridgehead atoms. The summed E-state index contributed by atoms with van der Waals surface area (Å²) in [7, 11) is 6.30. The third-order valence-electron chi connectivity index (χ3n) is 10.8. The molecule has 5 fully saturated rings. The summed E-state index contributed by atoms with van der Waals surface area (Å²) < 4.78 is 78.2. The van der Waals surface area contributed by atoms with Gasteiger partial charge in [-0.25, -0.2) is 0 Å². The van der Waals surface area contributed by atoms with Crippen LogP contribution >= 0.6 is 0 Å². The van der Waals surface area contributed by atoms with Crippen LogP contribution in [0.3, 0.4) is 0 Å². The van der Waals surface area contributed by atoms with Gasteiger partial charge in [0.1, 0.15) is 48.8 Å². The lowest BCUT2D eigenvalue weighted by Gasteiger charge is -2.47. The third-order valence-corrected chi connectivity index (χ3v) is 10.8. The molecule has 0 aromatic carbocycles. The third kappa shape index (κ3) is 9.62. The summed E-state index contributed by atoms with van der Waals surface area (Å²) >= 11 is 0. The van der Waals surface area contributed by atoms with Crippen LogP contribution in [0.4, 0.5) is 0 Å². The summed E-state index contributed by atoms with van der Waals surface area (Å²) in [5.41, 5.74) is 0. The highest BCUT2D eigenvalue weighted by atomic mass is 16.8. The molecule has 5 rings (SSSR count). The Hall–Kier alpha value is -0.720. The van der Waals surface area contributed by atoms with Gasteiger partial charge in [0.2, 0.25) is 0 Å². The lowest BCUT2D eigenvalue weighted by Crippen LogP contribution is -2.62. The molecule has 0 amide bonds. The summed E-state index contributed by atoms with van der Waals surface area (Å²) in [6.45, 7) is 6.76. The quantitative estimate of drug-likeness (QED) is 0.151. The van der Waals surface area contributed by atoms with Crippen molar-refractivity contribution in [2.24, 2.45) is 0 Å². The molecule has 18 heteroatoms. The zero-order valence-corrected chi connectivity index (χ0v) is 31.2. The van der Waals surface area contributed by atoms with Crippen molar-refractivity contribution >= 4 is 0 Å². The molecule has 304 valence electrons. The van der Waals surface area contributed by atoms with Gasteiger partial charge in [0.25, 0.3) is 0 Å². The number of rotatable bonds is 13. The highest BCUT2D eigenvalue weighted by molar-refractivity contribution is 4.93. The van der Waals surface area contributed by atoms with Crippen LogP contribution in [0.25, 0.3) is 0 Å². The van der Waals surface area contributed by atoms with Gasteiger partial charge in [-0.1, -0.05) is 0 Å². The Morgan fingerprint density at radius 3 is 1.21 bits per heavy atom. The first-order valence-electron chi connectivity index (χ1n) is 18.2. The second kappa shape index (κ2) is 18.9. The van der Waals surface area contributed by atoms with Crippen molar-refractivity contribution in [1.82, 2.24) is 0 Å². The number of hydrogen-bond donors (Lipinski definition) is 5. The molecular weight excluding hydrogens is 696 g/mol. The van der Waals surface area contributed by atoms with Crippen molar-refractivity contribution in [2.45, 2.75) is 182 Å². The van der Waals surface area contributed by atoms with E-state index in [1.807, 2.05) is 20.8 Å². The number of ether oxygens (including phenoxy) is 13. The van der Waals surface area contributed by atoms with Gasteiger partial charge in [-0.3, -0.25) is 0 Å². The van der Waals surface area contributed by atoms with Gasteiger partial charge >= 0.3 is 0 Å². The van der Waals surface area contributed by atoms with Crippen molar-refractivity contribution in [3.05, 3.63) is 0 Å². The van der Waals surface area contributed by atoms with E-state index >= 15 is 0 Å². The van der Waals surface area contributed by atoms with Crippen molar-refractivity contribution in [3.8, 4) is 0 Å². The van der Waals surface area contributed by atoms with E-state index < -0.39 is 124 Å². The van der Waals surface area contributed by atoms with E-state index in [2.05, 4.69) is 0 Å². The molecule has 5 N–H and O–H groups in total. The van der Waals surface area contributed by atoms with Gasteiger partial charge in [0.05, 0.1) is 55.4 Å². The fraction of sp³-hybridized carbons (Fsp3) is 1.00. The zero-order valence-electron chi connectivity index (χ0n) is 31.2. The molecule has 18 nitrogen and oxygen atoms in total. The predicted molar refractivity (Wildman–Crippen MR) is 174 cm³/mol. The first-order valence-corrected chi connectivity index (χ1v) is 18.2. The first kappa shape index (κ1) is 42.4. The van der Waals surface area contributed by atoms with Crippen LogP contribution in [0.5, 0.6) is 0 Å². The highest BCUT2D eigenvalue weighted by Crippen LogP contribution is 2.36. The van der Waals surface area contributed by atoms with Gasteiger partial charge in [-0.2, -0.15) is 0 Å². The van der Waals surface area contributed by atoms with Gasteiger partial charge in [-0.15, -0.1) is 0 Å². The molecule has 0 aromatic rings. The molecule has 0 saturated carbocycles. The molecule has 5 heterocycles. The second-order valence-corrected chi connectivity index (χ2v) is 14.2. The molecule has 21 atom stereocenters. The summed E-state index contributed by atoms with van der Waals surface area (Å²) in [6, 6.07) is 0. The average molecular weight is 757 g/mol. The molecule has 0 unspecified atom stereocenters. The minimum absolute atomic E-state index is 0.246. The normalized spacial score (nSPS) is 50.6. The highest BCUT2D eigenvalue weighted by Gasteiger charge is 2.50. The molecule has 0 spiro atoms. The molecule has 5 saturated heterocycles. The van der Waals surface area contributed by atoms with Crippen LogP contribution in [-0.4, -0.2) is 190 Å². The van der Waals surface area contributed by atoms with Crippen molar-refractivity contribution in [3.63, 3.8) is 0 Å². The van der Waals surface area contributed by atoms with Crippen LogP contribution in [0, 0.1) is 0 Å². The number of hydrogen-bond acceptors (Lipinski definition) is 18. The van der Waals surface area contributed by atoms with E-state index in [9.17, 15) is 25.5 Å². The van der Waals surface area contributed by atoms with Crippen LogP contribution < -0.4 is 0 Å². The molecule has 0 aliphatic carbocycles. The first-order chi connectivity index (χ1) is 24.8. The Bertz CT molecular complexity index is 1070. The SMILES string of the molecule is CO[C@H]1C[C@H](O)O[C@H](C)[C@H]1O[C@H]1C[C@@H](OC)[C@H](O[C@H]2C[C@@H](OC)[C@H](O[C@H]3C[C@@H](OC)[C@H](O[C@@H]4O[C@H](CO)[C@@H](O)[C@H](O)[C@H]4O)[C@@H](C)O3)[C@@H](C)O2)[C@@H](C)O1. The van der Waals surface area contributed by atoms with E-state index in [1.54, 1.807) is 28.3 Å². The maximum absolute atomic E-state index is 10.5. The average Bonchev–Trinajstić information content (AvgIpc) is 3.11. The Balaban J connectivity index is 1.15. The van der Waals surface area contributed by atoms with Crippen molar-refractivity contribution in [2.75, 3.05) is 35.0 Å². The van der Waals surface area contributed by atoms with E-state index in [0.717, 1.165) is 0 Å². The van der Waals surface area contributed by atoms with Gasteiger partial charge in [0.15, 0.2) is 31.5 Å². The number of methoxy groups -OCH3 is 4. The van der Waals surface area contributed by atoms with E-state index in [1.165, 1.54) is 7.11 Å². The molecule has 0 radical (unpaired) electrons. The second-order valence-electron chi connectivity index (χ2n) is 14.2. The van der Waals surface area contributed by atoms with Gasteiger partial charge in [-0.05, 0) is 27.7 Å². The van der Waals surface area contributed by atoms with Crippen molar-refractivity contribution < 1.29 is 87.1 Å². The summed E-state index contributed by atoms with van der Waals surface area (Å²) in [6.07, 6.45) is -14.6. The van der Waals surface area contributed by atoms with Crippen LogP contribution in [0.2, 0.25) is 0 Å². The summed E-state index contributed by atoms with van der Waals surface area (Å²) in [5, 5.41) is 50.4. The van der Waals surface area contributed by atoms with Gasteiger partial charge < -0.3 is 87.1 Å². The molecule has 5 aliphatic heterocycles. The maximum Gasteiger partial charge on any atom is 0.187 e. The zero-order chi connectivity index (χ0) is 37.9. The number of aliphatic hydroxyl groups is 5. The monoisotopic (exact) mass is 756 g/mol. The largest absolute Gasteiger partial charge is 0.394 e. The fourth-order valence-electron chi connectivity index (χ4n) is 7.85. The fourth-order valence-corrected chi connectivity index (χ4v) is 7.85. The van der Waals surface area contributed by atoms with E-state index in [4.69, 9.17) is 61.6 Å². The van der Waals surface area contributed by atoms with E-state index in [0.29, 0.717) is 12.8 Å². The van der Waals surface area contributed by atoms with E-state index in [-0.39, 0.29) is 25.0 Å². The molecular formula is C34H60O18. The maximum atomic E-state index is 10.5. The number of aliphatic hydroxyl groups excluding tert-OH is 5. The minimum Gasteiger partial charge on any atom is -0.394 e. The Kier molecular flexibility index (Phi) is 15.5. The topological polar surface area (TPSA) is 221 Å². The molecule has 52 heavy (non-hydrogen) atoms. The van der Waals surface area contributed by atoms with Crippen LogP contribution in [-0.2, 0) is 61.6 Å². The standard InChI is InChI=1S/C34H60O18/c1-14-30(18(40-5)9-23(36)44-14)49-24-10-19(41-6)31(15(2)45-24)50-25-11-20(42-7)32(16(3)46-25)51-26-12-21(43-8)33(17(4)47-26)52-34-29(39)28(38)27(37)22(13-35)48-34/h14-39H,9-13H2,1-8H3/t14-,15-,16-,17-,18+,19-,20-,21-,22-,23-,24+,25+,26+,27-,28+,29-,30-,31-,32-,33-,34+/m1/s1. The van der Waals surface area contributed by atoms with Crippen molar-refractivity contribution in [1.29, 1.82) is 0 Å². The lowest BCUT2D eigenvalue weighted by atomic mass is 9.97. The predicted octanol–water partition coefficient (Wildman–Crippen LogP) is -1.08.